The van der Waals surface area contributed by atoms with Gasteiger partial charge in [0.25, 0.3) is 0 Å². The number of aromatic hydroxyl groups is 1. The number of esters is 1. The van der Waals surface area contributed by atoms with E-state index in [0.717, 1.165) is 5.56 Å². The molecule has 0 saturated carbocycles. The van der Waals surface area contributed by atoms with E-state index < -0.39 is 12.1 Å². The molecule has 1 N–H and O–H groups in total. The highest BCUT2D eigenvalue weighted by atomic mass is 35.5. The lowest BCUT2D eigenvalue weighted by Crippen LogP contribution is -2.28. The van der Waals surface area contributed by atoms with Crippen LogP contribution < -0.4 is 0 Å². The summed E-state index contributed by atoms with van der Waals surface area (Å²) in [6.07, 6.45) is 3.73. The van der Waals surface area contributed by atoms with Gasteiger partial charge in [-0.1, -0.05) is 17.7 Å². The van der Waals surface area contributed by atoms with Gasteiger partial charge in [0.2, 0.25) is 0 Å². The van der Waals surface area contributed by atoms with E-state index in [1.54, 1.807) is 24.8 Å². The van der Waals surface area contributed by atoms with Crippen LogP contribution in [0.3, 0.4) is 0 Å². The van der Waals surface area contributed by atoms with Gasteiger partial charge in [0, 0.05) is 18.1 Å². The molecule has 20 heavy (non-hydrogen) atoms. The maximum absolute atomic E-state index is 11.4. The fourth-order valence-corrected chi connectivity index (χ4v) is 1.70. The first kappa shape index (κ1) is 19.1. The highest BCUT2D eigenvalue weighted by Gasteiger charge is 2.21. The summed E-state index contributed by atoms with van der Waals surface area (Å²) in [5, 5.41) is 9.62. The van der Waals surface area contributed by atoms with E-state index >= 15 is 0 Å². The van der Waals surface area contributed by atoms with Gasteiger partial charge in [-0.2, -0.15) is 11.8 Å². The number of phenolic OH excluding ortho intramolecular Hbond substituents is 1. The Morgan fingerprint density at radius 1 is 1.45 bits per heavy atom. The molecule has 4 nitrogen and oxygen atoms in total. The molecule has 0 spiro atoms. The van der Waals surface area contributed by atoms with Crippen LogP contribution in [0.1, 0.15) is 12.5 Å². The number of thioether (sulfide) groups is 1. The number of ether oxygens (including phenoxy) is 2. The van der Waals surface area contributed by atoms with Crippen molar-refractivity contribution < 1.29 is 19.4 Å². The van der Waals surface area contributed by atoms with Gasteiger partial charge >= 0.3 is 5.97 Å². The fourth-order valence-electron chi connectivity index (χ4n) is 1.44. The van der Waals surface area contributed by atoms with Crippen LogP contribution in [0.4, 0.5) is 0 Å². The first-order chi connectivity index (χ1) is 9.49. The lowest BCUT2D eigenvalue weighted by molar-refractivity contribution is -0.153. The third kappa shape index (κ3) is 7.03. The van der Waals surface area contributed by atoms with E-state index in [9.17, 15) is 9.90 Å². The fraction of sp³-hybridized carbons (Fsp3) is 0.500. The predicted octanol–water partition coefficient (Wildman–Crippen LogP) is 3.15. The molecule has 0 amide bonds. The molecule has 1 aromatic rings. The molecule has 1 rings (SSSR count). The van der Waals surface area contributed by atoms with Crippen molar-refractivity contribution in [1.29, 1.82) is 0 Å². The van der Waals surface area contributed by atoms with E-state index in [0.29, 0.717) is 18.1 Å². The van der Waals surface area contributed by atoms with Gasteiger partial charge in [0.05, 0.1) is 7.11 Å². The third-order valence-electron chi connectivity index (χ3n) is 2.27. The van der Waals surface area contributed by atoms with Crippen molar-refractivity contribution in [2.24, 2.45) is 0 Å². The largest absolute Gasteiger partial charge is 0.508 e. The first-order valence-corrected chi connectivity index (χ1v) is 8.08. The summed E-state index contributed by atoms with van der Waals surface area (Å²) in [6.45, 7) is 2.21. The minimum Gasteiger partial charge on any atom is -0.508 e. The zero-order valence-electron chi connectivity index (χ0n) is 12.2. The average molecular weight is 321 g/mol. The Morgan fingerprint density at radius 3 is 2.50 bits per heavy atom. The molecule has 114 valence electrons. The minimum absolute atomic E-state index is 0.0878. The van der Waals surface area contributed by atoms with Crippen LogP contribution in [0.2, 0.25) is 5.02 Å². The summed E-state index contributed by atoms with van der Waals surface area (Å²) in [5.74, 6) is -0.347. The molecule has 1 aromatic carbocycles. The predicted molar refractivity (Wildman–Crippen MR) is 83.7 cm³/mol. The molecule has 0 aromatic heterocycles. The van der Waals surface area contributed by atoms with Gasteiger partial charge in [-0.05, 0) is 37.1 Å². The number of carbonyl (C=O) groups excluding carboxylic acids is 1. The Labute approximate surface area is 129 Å². The summed E-state index contributed by atoms with van der Waals surface area (Å²) in [6, 6.07) is 4.60. The van der Waals surface area contributed by atoms with Crippen molar-refractivity contribution in [3.63, 3.8) is 0 Å². The van der Waals surface area contributed by atoms with Gasteiger partial charge in [-0.15, -0.1) is 0 Å². The summed E-state index contributed by atoms with van der Waals surface area (Å²) in [7, 11) is 1.31. The molecular formula is C14H21ClO4S. The van der Waals surface area contributed by atoms with Gasteiger partial charge in [-0.25, -0.2) is 4.79 Å². The van der Waals surface area contributed by atoms with Crippen molar-refractivity contribution in [2.75, 3.05) is 26.2 Å². The number of methoxy groups -OCH3 is 1. The zero-order valence-corrected chi connectivity index (χ0v) is 13.8. The minimum atomic E-state index is -0.674. The van der Waals surface area contributed by atoms with Crippen LogP contribution in [-0.4, -0.2) is 43.4 Å². The maximum atomic E-state index is 11.4. The lowest BCUT2D eigenvalue weighted by atomic mass is 10.1. The SMILES string of the molecule is CCO[C@@H](Cc1ccc(O)cc1Cl)C(=O)OC.CSC. The van der Waals surface area contributed by atoms with Gasteiger partial charge < -0.3 is 14.6 Å². The molecular weight excluding hydrogens is 300 g/mol. The number of hydrogen-bond acceptors (Lipinski definition) is 5. The molecule has 0 heterocycles. The van der Waals surface area contributed by atoms with Crippen LogP contribution >= 0.6 is 23.4 Å². The number of hydrogen-bond donors (Lipinski definition) is 1. The van der Waals surface area contributed by atoms with Crippen LogP contribution in [0, 0.1) is 0 Å². The number of phenols is 1. The van der Waals surface area contributed by atoms with Gasteiger partial charge in [-0.3, -0.25) is 0 Å². The van der Waals surface area contributed by atoms with Gasteiger partial charge in [0.15, 0.2) is 6.10 Å². The quantitative estimate of drug-likeness (QED) is 0.845. The second-order valence-corrected chi connectivity index (χ2v) is 5.08. The first-order valence-electron chi connectivity index (χ1n) is 6.07. The van der Waals surface area contributed by atoms with Gasteiger partial charge in [0.1, 0.15) is 5.75 Å². The van der Waals surface area contributed by atoms with E-state index in [2.05, 4.69) is 4.74 Å². The Bertz CT molecular complexity index is 412. The van der Waals surface area contributed by atoms with Crippen molar-refractivity contribution in [1.82, 2.24) is 0 Å². The summed E-state index contributed by atoms with van der Waals surface area (Å²) in [5.41, 5.74) is 0.730. The van der Waals surface area contributed by atoms with Crippen molar-refractivity contribution in [3.8, 4) is 5.75 Å². The summed E-state index contributed by atoms with van der Waals surface area (Å²) >= 11 is 7.70. The van der Waals surface area contributed by atoms with Crippen LogP contribution in [-0.2, 0) is 20.7 Å². The molecule has 0 aliphatic rings. The highest BCUT2D eigenvalue weighted by molar-refractivity contribution is 7.97. The molecule has 0 bridgehead atoms. The Hall–Kier alpha value is -0.910. The number of benzene rings is 1. The van der Waals surface area contributed by atoms with Crippen molar-refractivity contribution in [3.05, 3.63) is 28.8 Å². The number of halogens is 1. The van der Waals surface area contributed by atoms with Crippen molar-refractivity contribution in [2.45, 2.75) is 19.4 Å². The molecule has 0 aliphatic carbocycles. The standard InChI is InChI=1S/C12H15ClO4.C2H6S/c1-3-17-11(12(15)16-2)6-8-4-5-9(14)7-10(8)13;1-3-2/h4-5,7,11,14H,3,6H2,1-2H3;1-2H3/t11-;/m0./s1. The Morgan fingerprint density at radius 2 is 2.05 bits per heavy atom. The molecule has 0 aliphatic heterocycles. The van der Waals surface area contributed by atoms with E-state index in [1.807, 2.05) is 12.5 Å². The Balaban J connectivity index is 0.00000110. The van der Waals surface area contributed by atoms with E-state index in [-0.39, 0.29) is 5.75 Å². The number of rotatable bonds is 5. The molecule has 1 atom stereocenters. The topological polar surface area (TPSA) is 55.8 Å². The van der Waals surface area contributed by atoms with Crippen LogP contribution in [0.15, 0.2) is 18.2 Å². The normalized spacial score (nSPS) is 11.2. The number of carbonyl (C=O) groups is 1. The lowest BCUT2D eigenvalue weighted by Gasteiger charge is -2.15. The van der Waals surface area contributed by atoms with Crippen molar-refractivity contribution >= 4 is 29.3 Å². The van der Waals surface area contributed by atoms with Crippen LogP contribution in [0.5, 0.6) is 5.75 Å². The summed E-state index contributed by atoms with van der Waals surface area (Å²) in [4.78, 5) is 11.4. The molecule has 0 fully saturated rings. The second kappa shape index (κ2) is 10.8. The summed E-state index contributed by atoms with van der Waals surface area (Å²) < 4.78 is 9.93. The van der Waals surface area contributed by atoms with E-state index in [4.69, 9.17) is 16.3 Å². The average Bonchev–Trinajstić information content (AvgIpc) is 2.41. The maximum Gasteiger partial charge on any atom is 0.335 e. The molecule has 6 heteroatoms. The molecule has 0 saturated heterocycles. The molecule has 0 radical (unpaired) electrons. The molecule has 0 unspecified atom stereocenters. The smallest absolute Gasteiger partial charge is 0.335 e. The monoisotopic (exact) mass is 320 g/mol. The zero-order chi connectivity index (χ0) is 15.5. The van der Waals surface area contributed by atoms with E-state index in [1.165, 1.54) is 19.2 Å². The Kier molecular flexibility index (Phi) is 10.3. The third-order valence-corrected chi connectivity index (χ3v) is 2.63. The highest BCUT2D eigenvalue weighted by Crippen LogP contribution is 2.23. The second-order valence-electron chi connectivity index (χ2n) is 3.86. The van der Waals surface area contributed by atoms with Crippen LogP contribution in [0.25, 0.3) is 0 Å².